The Morgan fingerprint density at radius 2 is 2.00 bits per heavy atom. The smallest absolute Gasteiger partial charge is 0.165 e. The molecule has 5 heteroatoms. The average molecular weight is 250 g/mol. The van der Waals surface area contributed by atoms with Gasteiger partial charge in [0, 0.05) is 16.8 Å². The maximum Gasteiger partial charge on any atom is 0.165 e. The molecule has 1 aromatic carbocycles. The summed E-state index contributed by atoms with van der Waals surface area (Å²) in [6, 6.07) is 7.02. The molecule has 0 spiro atoms. The van der Waals surface area contributed by atoms with Gasteiger partial charge in [0.15, 0.2) is 5.82 Å². The van der Waals surface area contributed by atoms with Crippen molar-refractivity contribution in [1.29, 1.82) is 0 Å². The monoisotopic (exact) mass is 249 g/mol. The second-order valence-electron chi connectivity index (χ2n) is 3.60. The van der Waals surface area contributed by atoms with Crippen LogP contribution >= 0.6 is 11.6 Å². The van der Waals surface area contributed by atoms with Crippen molar-refractivity contribution in [1.82, 2.24) is 9.97 Å². The first kappa shape index (κ1) is 11.7. The largest absolute Gasteiger partial charge is 0.496 e. The van der Waals surface area contributed by atoms with E-state index < -0.39 is 0 Å². The van der Waals surface area contributed by atoms with E-state index in [0.29, 0.717) is 22.4 Å². The fraction of sp³-hybridized carbons (Fsp3) is 0.167. The van der Waals surface area contributed by atoms with Crippen LogP contribution in [0, 0.1) is 6.92 Å². The Hall–Kier alpha value is -1.81. The van der Waals surface area contributed by atoms with Crippen molar-refractivity contribution < 1.29 is 4.74 Å². The van der Waals surface area contributed by atoms with Crippen molar-refractivity contribution in [3.63, 3.8) is 0 Å². The lowest BCUT2D eigenvalue weighted by atomic mass is 10.2. The Balaban J connectivity index is 2.59. The van der Waals surface area contributed by atoms with Crippen molar-refractivity contribution in [2.75, 3.05) is 12.8 Å². The highest BCUT2D eigenvalue weighted by Gasteiger charge is 2.10. The number of rotatable bonds is 2. The van der Waals surface area contributed by atoms with Crippen LogP contribution in [0.25, 0.3) is 11.4 Å². The minimum atomic E-state index is 0.435. The lowest BCUT2D eigenvalue weighted by Crippen LogP contribution is -1.99. The third kappa shape index (κ3) is 2.47. The van der Waals surface area contributed by atoms with Gasteiger partial charge in [0.25, 0.3) is 0 Å². The highest BCUT2D eigenvalue weighted by molar-refractivity contribution is 6.30. The summed E-state index contributed by atoms with van der Waals surface area (Å²) in [5.41, 5.74) is 7.28. The molecule has 0 aliphatic carbocycles. The summed E-state index contributed by atoms with van der Waals surface area (Å²) in [5, 5.41) is 0.603. The first-order chi connectivity index (χ1) is 8.10. The molecule has 0 unspecified atom stereocenters. The molecular formula is C12H12ClN3O. The first-order valence-corrected chi connectivity index (χ1v) is 5.43. The van der Waals surface area contributed by atoms with Gasteiger partial charge in [0.2, 0.25) is 0 Å². The lowest BCUT2D eigenvalue weighted by molar-refractivity contribution is 0.416. The van der Waals surface area contributed by atoms with E-state index in [1.54, 1.807) is 25.3 Å². The second-order valence-corrected chi connectivity index (χ2v) is 4.04. The van der Waals surface area contributed by atoms with Crippen LogP contribution in [0.15, 0.2) is 24.3 Å². The van der Waals surface area contributed by atoms with Crippen molar-refractivity contribution in [2.45, 2.75) is 6.92 Å². The number of ether oxygens (including phenoxy) is 1. The van der Waals surface area contributed by atoms with Gasteiger partial charge in [-0.15, -0.1) is 0 Å². The van der Waals surface area contributed by atoms with Gasteiger partial charge in [0.05, 0.1) is 12.7 Å². The van der Waals surface area contributed by atoms with Gasteiger partial charge in [-0.25, -0.2) is 9.97 Å². The molecule has 0 aliphatic rings. The quantitative estimate of drug-likeness (QED) is 0.889. The molecule has 0 amide bonds. The zero-order chi connectivity index (χ0) is 12.4. The topological polar surface area (TPSA) is 61.0 Å². The second kappa shape index (κ2) is 4.59. The van der Waals surface area contributed by atoms with Crippen LogP contribution in [-0.4, -0.2) is 17.1 Å². The molecule has 0 saturated carbocycles. The number of nitrogens with two attached hydrogens (primary N) is 1. The minimum Gasteiger partial charge on any atom is -0.496 e. The van der Waals surface area contributed by atoms with E-state index >= 15 is 0 Å². The van der Waals surface area contributed by atoms with Gasteiger partial charge in [0.1, 0.15) is 11.6 Å². The van der Waals surface area contributed by atoms with Crippen molar-refractivity contribution in [2.24, 2.45) is 0 Å². The molecule has 1 heterocycles. The molecule has 17 heavy (non-hydrogen) atoms. The molecule has 0 aliphatic heterocycles. The molecule has 1 aromatic heterocycles. The van der Waals surface area contributed by atoms with E-state index in [-0.39, 0.29) is 0 Å². The number of methoxy groups -OCH3 is 1. The van der Waals surface area contributed by atoms with Crippen molar-refractivity contribution >= 4 is 17.4 Å². The van der Waals surface area contributed by atoms with E-state index in [1.807, 2.05) is 13.0 Å². The Morgan fingerprint density at radius 3 is 2.65 bits per heavy atom. The standard InChI is InChI=1S/C12H12ClN3O/c1-7-5-11(14)16-12(15-7)9-4-3-8(13)6-10(9)17-2/h3-6H,1-2H3,(H2,14,15,16). The molecule has 88 valence electrons. The summed E-state index contributed by atoms with van der Waals surface area (Å²) >= 11 is 5.90. The molecule has 2 rings (SSSR count). The minimum absolute atomic E-state index is 0.435. The number of aromatic nitrogens is 2. The maximum atomic E-state index is 5.90. The molecule has 0 atom stereocenters. The summed E-state index contributed by atoms with van der Waals surface area (Å²) in [6.07, 6.45) is 0. The van der Waals surface area contributed by atoms with Crippen molar-refractivity contribution in [3.8, 4) is 17.1 Å². The predicted molar refractivity (Wildman–Crippen MR) is 68.2 cm³/mol. The summed E-state index contributed by atoms with van der Waals surface area (Å²) < 4.78 is 5.26. The Bertz CT molecular complexity index is 537. The normalized spacial score (nSPS) is 10.3. The summed E-state index contributed by atoms with van der Waals surface area (Å²) in [5.74, 6) is 1.60. The van der Waals surface area contributed by atoms with Crippen molar-refractivity contribution in [3.05, 3.63) is 35.0 Å². The van der Waals surface area contributed by atoms with Crippen LogP contribution in [-0.2, 0) is 0 Å². The number of hydrogen-bond acceptors (Lipinski definition) is 4. The molecule has 0 fully saturated rings. The van der Waals surface area contributed by atoms with Gasteiger partial charge < -0.3 is 10.5 Å². The van der Waals surface area contributed by atoms with E-state index in [4.69, 9.17) is 22.1 Å². The Labute approximate surface area is 104 Å². The first-order valence-electron chi connectivity index (χ1n) is 5.05. The average Bonchev–Trinajstić information content (AvgIpc) is 2.27. The molecule has 4 nitrogen and oxygen atoms in total. The van der Waals surface area contributed by atoms with Crippen LogP contribution < -0.4 is 10.5 Å². The van der Waals surface area contributed by atoms with Crippen LogP contribution in [0.5, 0.6) is 5.75 Å². The molecular weight excluding hydrogens is 238 g/mol. The number of anilines is 1. The van der Waals surface area contributed by atoms with Gasteiger partial charge in [-0.2, -0.15) is 0 Å². The Kier molecular flexibility index (Phi) is 3.15. The number of hydrogen-bond donors (Lipinski definition) is 1. The number of benzene rings is 1. The SMILES string of the molecule is COc1cc(Cl)ccc1-c1nc(C)cc(N)n1. The van der Waals surface area contributed by atoms with Gasteiger partial charge in [-0.1, -0.05) is 11.6 Å². The summed E-state index contributed by atoms with van der Waals surface area (Å²) in [7, 11) is 1.58. The fourth-order valence-corrected chi connectivity index (χ4v) is 1.73. The predicted octanol–water partition coefficient (Wildman–Crippen LogP) is 2.70. The number of halogens is 1. The Morgan fingerprint density at radius 1 is 1.24 bits per heavy atom. The fourth-order valence-electron chi connectivity index (χ4n) is 1.56. The zero-order valence-electron chi connectivity index (χ0n) is 9.57. The molecule has 0 bridgehead atoms. The number of nitrogen functional groups attached to an aromatic ring is 1. The molecule has 0 radical (unpaired) electrons. The van der Waals surface area contributed by atoms with E-state index in [2.05, 4.69) is 9.97 Å². The maximum absolute atomic E-state index is 5.90. The summed E-state index contributed by atoms with van der Waals surface area (Å²) in [4.78, 5) is 8.51. The molecule has 2 N–H and O–H groups in total. The van der Waals surface area contributed by atoms with E-state index in [9.17, 15) is 0 Å². The molecule has 2 aromatic rings. The number of aryl methyl sites for hydroxylation is 1. The number of nitrogens with zero attached hydrogens (tertiary/aromatic N) is 2. The van der Waals surface area contributed by atoms with E-state index in [0.717, 1.165) is 11.3 Å². The van der Waals surface area contributed by atoms with Crippen LogP contribution in [0.2, 0.25) is 5.02 Å². The third-order valence-electron chi connectivity index (χ3n) is 2.28. The van der Waals surface area contributed by atoms with Gasteiger partial charge >= 0.3 is 0 Å². The summed E-state index contributed by atoms with van der Waals surface area (Å²) in [6.45, 7) is 1.87. The zero-order valence-corrected chi connectivity index (χ0v) is 10.3. The van der Waals surface area contributed by atoms with Crippen LogP contribution in [0.1, 0.15) is 5.69 Å². The lowest BCUT2D eigenvalue weighted by Gasteiger charge is -2.08. The van der Waals surface area contributed by atoms with E-state index in [1.165, 1.54) is 0 Å². The highest BCUT2D eigenvalue weighted by atomic mass is 35.5. The third-order valence-corrected chi connectivity index (χ3v) is 2.51. The van der Waals surface area contributed by atoms with Gasteiger partial charge in [-0.3, -0.25) is 0 Å². The highest BCUT2D eigenvalue weighted by Crippen LogP contribution is 2.30. The van der Waals surface area contributed by atoms with Gasteiger partial charge in [-0.05, 0) is 25.1 Å². The van der Waals surface area contributed by atoms with Crippen LogP contribution in [0.3, 0.4) is 0 Å². The van der Waals surface area contributed by atoms with Crippen LogP contribution in [0.4, 0.5) is 5.82 Å². The molecule has 0 saturated heterocycles.